The molecular formula is C13H19F3N2O2. The molecule has 0 aliphatic rings. The molecule has 1 aromatic rings. The lowest BCUT2D eigenvalue weighted by atomic mass is 10.2. The molecule has 114 valence electrons. The molecule has 0 saturated carbocycles. The molecule has 0 radical (unpaired) electrons. The van der Waals surface area contributed by atoms with Crippen LogP contribution in [0.15, 0.2) is 22.8 Å². The summed E-state index contributed by atoms with van der Waals surface area (Å²) < 4.78 is 42.6. The lowest BCUT2D eigenvalue weighted by Gasteiger charge is -2.24. The van der Waals surface area contributed by atoms with Crippen molar-refractivity contribution in [2.24, 2.45) is 0 Å². The Labute approximate surface area is 115 Å². The van der Waals surface area contributed by atoms with Gasteiger partial charge in [-0.2, -0.15) is 13.2 Å². The topological polar surface area (TPSA) is 45.5 Å². The van der Waals surface area contributed by atoms with Gasteiger partial charge in [-0.25, -0.2) is 0 Å². The molecule has 0 bridgehead atoms. The Balaban J connectivity index is 2.68. The van der Waals surface area contributed by atoms with E-state index in [9.17, 15) is 18.0 Å². The van der Waals surface area contributed by atoms with Crippen LogP contribution < -0.4 is 5.32 Å². The SMILES string of the molecule is CCNC(C)CC(=O)N(Cc1ccco1)CC(F)(F)F. The van der Waals surface area contributed by atoms with Crippen molar-refractivity contribution in [3.8, 4) is 0 Å². The minimum Gasteiger partial charge on any atom is -0.467 e. The summed E-state index contributed by atoms with van der Waals surface area (Å²) in [4.78, 5) is 12.7. The predicted molar refractivity (Wildman–Crippen MR) is 67.9 cm³/mol. The first-order valence-corrected chi connectivity index (χ1v) is 6.42. The number of nitrogens with one attached hydrogen (secondary N) is 1. The van der Waals surface area contributed by atoms with Crippen molar-refractivity contribution >= 4 is 5.91 Å². The molecule has 1 rings (SSSR count). The molecule has 1 amide bonds. The zero-order valence-electron chi connectivity index (χ0n) is 11.5. The number of carbonyl (C=O) groups is 1. The Morgan fingerprint density at radius 1 is 1.50 bits per heavy atom. The van der Waals surface area contributed by atoms with E-state index in [2.05, 4.69) is 5.32 Å². The summed E-state index contributed by atoms with van der Waals surface area (Å²) in [7, 11) is 0. The van der Waals surface area contributed by atoms with Crippen LogP contribution in [0.2, 0.25) is 0 Å². The molecule has 1 aromatic heterocycles. The third-order valence-electron chi connectivity index (χ3n) is 2.68. The Morgan fingerprint density at radius 2 is 2.20 bits per heavy atom. The number of hydrogen-bond acceptors (Lipinski definition) is 3. The number of carbonyl (C=O) groups excluding carboxylic acids is 1. The van der Waals surface area contributed by atoms with Crippen molar-refractivity contribution in [1.29, 1.82) is 0 Å². The van der Waals surface area contributed by atoms with E-state index >= 15 is 0 Å². The van der Waals surface area contributed by atoms with Gasteiger partial charge in [0.15, 0.2) is 0 Å². The number of halogens is 3. The average molecular weight is 292 g/mol. The molecule has 1 atom stereocenters. The Morgan fingerprint density at radius 3 is 2.70 bits per heavy atom. The zero-order valence-corrected chi connectivity index (χ0v) is 11.5. The maximum Gasteiger partial charge on any atom is 0.406 e. The molecule has 1 heterocycles. The van der Waals surface area contributed by atoms with Crippen LogP contribution >= 0.6 is 0 Å². The van der Waals surface area contributed by atoms with Gasteiger partial charge in [-0.15, -0.1) is 0 Å². The minimum atomic E-state index is -4.43. The van der Waals surface area contributed by atoms with Gasteiger partial charge < -0.3 is 14.6 Å². The summed E-state index contributed by atoms with van der Waals surface area (Å²) >= 11 is 0. The third kappa shape index (κ3) is 6.10. The van der Waals surface area contributed by atoms with Crippen LogP contribution in [0.25, 0.3) is 0 Å². The van der Waals surface area contributed by atoms with Crippen molar-refractivity contribution in [2.45, 2.75) is 39.0 Å². The molecule has 20 heavy (non-hydrogen) atoms. The van der Waals surface area contributed by atoms with Gasteiger partial charge in [0.25, 0.3) is 0 Å². The number of hydrogen-bond donors (Lipinski definition) is 1. The van der Waals surface area contributed by atoms with Crippen molar-refractivity contribution in [3.63, 3.8) is 0 Å². The van der Waals surface area contributed by atoms with Crippen LogP contribution in [-0.4, -0.2) is 36.1 Å². The highest BCUT2D eigenvalue weighted by molar-refractivity contribution is 5.76. The second-order valence-corrected chi connectivity index (χ2v) is 4.61. The van der Waals surface area contributed by atoms with E-state index in [0.29, 0.717) is 12.3 Å². The summed E-state index contributed by atoms with van der Waals surface area (Å²) in [5.74, 6) is -0.217. The molecule has 0 aromatic carbocycles. The van der Waals surface area contributed by atoms with Crippen molar-refractivity contribution in [1.82, 2.24) is 10.2 Å². The predicted octanol–water partition coefficient (Wildman–Crippen LogP) is 2.56. The number of amides is 1. The maximum absolute atomic E-state index is 12.5. The number of alkyl halides is 3. The second-order valence-electron chi connectivity index (χ2n) is 4.61. The van der Waals surface area contributed by atoms with E-state index in [1.54, 1.807) is 19.1 Å². The van der Waals surface area contributed by atoms with Gasteiger partial charge in [-0.05, 0) is 25.6 Å². The van der Waals surface area contributed by atoms with E-state index in [0.717, 1.165) is 4.90 Å². The molecule has 7 heteroatoms. The van der Waals surface area contributed by atoms with E-state index in [1.807, 2.05) is 6.92 Å². The largest absolute Gasteiger partial charge is 0.467 e. The molecule has 0 aliphatic heterocycles. The van der Waals surface area contributed by atoms with Crippen LogP contribution in [0.5, 0.6) is 0 Å². The molecule has 0 aliphatic carbocycles. The fourth-order valence-corrected chi connectivity index (χ4v) is 1.85. The molecule has 4 nitrogen and oxygen atoms in total. The van der Waals surface area contributed by atoms with Gasteiger partial charge in [0.2, 0.25) is 5.91 Å². The molecule has 0 fully saturated rings. The quantitative estimate of drug-likeness (QED) is 0.840. The van der Waals surface area contributed by atoms with Crippen molar-refractivity contribution in [3.05, 3.63) is 24.2 Å². The third-order valence-corrected chi connectivity index (χ3v) is 2.68. The van der Waals surface area contributed by atoms with Gasteiger partial charge in [0.1, 0.15) is 12.3 Å². The van der Waals surface area contributed by atoms with Gasteiger partial charge in [-0.3, -0.25) is 4.79 Å². The maximum atomic E-state index is 12.5. The van der Waals surface area contributed by atoms with Crippen LogP contribution in [-0.2, 0) is 11.3 Å². The van der Waals surface area contributed by atoms with Crippen LogP contribution in [0.1, 0.15) is 26.0 Å². The second kappa shape index (κ2) is 7.33. The fraction of sp³-hybridized carbons (Fsp3) is 0.615. The van der Waals surface area contributed by atoms with Gasteiger partial charge >= 0.3 is 6.18 Å². The van der Waals surface area contributed by atoms with Gasteiger partial charge in [0.05, 0.1) is 12.8 Å². The summed E-state index contributed by atoms with van der Waals surface area (Å²) in [5, 5.41) is 3.00. The van der Waals surface area contributed by atoms with Crippen LogP contribution in [0.3, 0.4) is 0 Å². The highest BCUT2D eigenvalue weighted by Crippen LogP contribution is 2.19. The minimum absolute atomic E-state index is 0.0185. The first kappa shape index (κ1) is 16.6. The molecular weight excluding hydrogens is 273 g/mol. The van der Waals surface area contributed by atoms with Crippen LogP contribution in [0, 0.1) is 0 Å². The van der Waals surface area contributed by atoms with E-state index in [1.165, 1.54) is 6.26 Å². The van der Waals surface area contributed by atoms with E-state index in [-0.39, 0.29) is 19.0 Å². The first-order valence-electron chi connectivity index (χ1n) is 6.42. The van der Waals surface area contributed by atoms with Gasteiger partial charge in [0, 0.05) is 12.5 Å². The Hall–Kier alpha value is -1.50. The standard InChI is InChI=1S/C13H19F3N2O2/c1-3-17-10(2)7-12(19)18(9-13(14,15)16)8-11-5-4-6-20-11/h4-6,10,17H,3,7-9H2,1-2H3. The molecule has 1 unspecified atom stereocenters. The number of rotatable bonds is 7. The Kier molecular flexibility index (Phi) is 6.06. The smallest absolute Gasteiger partial charge is 0.406 e. The lowest BCUT2D eigenvalue weighted by Crippen LogP contribution is -2.41. The van der Waals surface area contributed by atoms with Crippen molar-refractivity contribution < 1.29 is 22.4 Å². The van der Waals surface area contributed by atoms with Gasteiger partial charge in [-0.1, -0.05) is 6.92 Å². The fourth-order valence-electron chi connectivity index (χ4n) is 1.85. The number of nitrogens with zero attached hydrogens (tertiary/aromatic N) is 1. The monoisotopic (exact) mass is 292 g/mol. The summed E-state index contributed by atoms with van der Waals surface area (Å²) in [6, 6.07) is 2.96. The Bertz CT molecular complexity index is 404. The summed E-state index contributed by atoms with van der Waals surface area (Å²) in [6.45, 7) is 2.85. The number of furan rings is 1. The zero-order chi connectivity index (χ0) is 15.2. The molecule has 0 spiro atoms. The average Bonchev–Trinajstić information content (AvgIpc) is 2.79. The van der Waals surface area contributed by atoms with E-state index < -0.39 is 18.6 Å². The highest BCUT2D eigenvalue weighted by Gasteiger charge is 2.33. The summed E-state index contributed by atoms with van der Waals surface area (Å²) in [6.07, 6.45) is -3.04. The lowest BCUT2D eigenvalue weighted by molar-refractivity contribution is -0.163. The van der Waals surface area contributed by atoms with E-state index in [4.69, 9.17) is 4.42 Å². The first-order chi connectivity index (χ1) is 9.31. The summed E-state index contributed by atoms with van der Waals surface area (Å²) in [5.41, 5.74) is 0. The molecule has 0 saturated heterocycles. The van der Waals surface area contributed by atoms with Crippen molar-refractivity contribution in [2.75, 3.05) is 13.1 Å². The van der Waals surface area contributed by atoms with Crippen LogP contribution in [0.4, 0.5) is 13.2 Å². The molecule has 1 N–H and O–H groups in total. The normalized spacial score (nSPS) is 13.2. The highest BCUT2D eigenvalue weighted by atomic mass is 19.4.